The molecule has 0 amide bonds. The van der Waals surface area contributed by atoms with Gasteiger partial charge in [-0.05, 0) is 30.5 Å². The lowest BCUT2D eigenvalue weighted by Gasteiger charge is -2.10. The van der Waals surface area contributed by atoms with E-state index in [9.17, 15) is 8.42 Å². The van der Waals surface area contributed by atoms with Crippen molar-refractivity contribution in [1.82, 2.24) is 4.98 Å². The van der Waals surface area contributed by atoms with Gasteiger partial charge >= 0.3 is 0 Å². The molecule has 2 aromatic rings. The van der Waals surface area contributed by atoms with E-state index in [0.29, 0.717) is 23.5 Å². The van der Waals surface area contributed by atoms with Crippen LogP contribution in [-0.2, 0) is 16.4 Å². The highest BCUT2D eigenvalue weighted by atomic mass is 32.2. The fourth-order valence-corrected chi connectivity index (χ4v) is 2.91. The molecule has 0 unspecified atom stereocenters. The molecule has 2 rings (SSSR count). The van der Waals surface area contributed by atoms with Gasteiger partial charge in [0.15, 0.2) is 0 Å². The molecular formula is C14H17N3O2S. The number of hydrogen-bond acceptors (Lipinski definition) is 4. The van der Waals surface area contributed by atoms with Gasteiger partial charge in [-0.2, -0.15) is 0 Å². The first-order chi connectivity index (χ1) is 9.46. The second kappa shape index (κ2) is 5.92. The van der Waals surface area contributed by atoms with Gasteiger partial charge in [-0.1, -0.05) is 30.3 Å². The summed E-state index contributed by atoms with van der Waals surface area (Å²) in [5.74, 6) is 0.343. The van der Waals surface area contributed by atoms with Crippen LogP contribution in [0.25, 0.3) is 0 Å². The average molecular weight is 291 g/mol. The second-order valence-corrected chi connectivity index (χ2v) is 6.43. The third-order valence-electron chi connectivity index (χ3n) is 2.85. The van der Waals surface area contributed by atoms with Crippen molar-refractivity contribution in [3.05, 3.63) is 53.7 Å². The van der Waals surface area contributed by atoms with Crippen LogP contribution in [0.15, 0.2) is 42.6 Å². The van der Waals surface area contributed by atoms with Crippen LogP contribution in [0.1, 0.15) is 11.1 Å². The SMILES string of the molecule is Cc1cc(N)cnc1NS(=O)(=O)CCc1ccccc1. The predicted octanol–water partition coefficient (Wildman–Crippen LogP) is 1.96. The fraction of sp³-hybridized carbons (Fsp3) is 0.214. The molecule has 0 fully saturated rings. The summed E-state index contributed by atoms with van der Waals surface area (Å²) in [6.07, 6.45) is 1.90. The zero-order chi connectivity index (χ0) is 14.6. The van der Waals surface area contributed by atoms with Gasteiger partial charge in [-0.25, -0.2) is 13.4 Å². The first kappa shape index (κ1) is 14.3. The number of benzene rings is 1. The third kappa shape index (κ3) is 3.96. The first-order valence-electron chi connectivity index (χ1n) is 6.23. The van der Waals surface area contributed by atoms with Crippen LogP contribution in [-0.4, -0.2) is 19.2 Å². The number of nitrogens with zero attached hydrogens (tertiary/aromatic N) is 1. The normalized spacial score (nSPS) is 11.2. The molecule has 3 N–H and O–H groups in total. The molecule has 1 aromatic heterocycles. The monoisotopic (exact) mass is 291 g/mol. The van der Waals surface area contributed by atoms with Crippen LogP contribution >= 0.6 is 0 Å². The van der Waals surface area contributed by atoms with Gasteiger partial charge in [0.1, 0.15) is 5.82 Å². The number of anilines is 2. The quantitative estimate of drug-likeness (QED) is 0.881. The van der Waals surface area contributed by atoms with Crippen molar-refractivity contribution >= 4 is 21.5 Å². The Labute approximate surface area is 118 Å². The Kier molecular flexibility index (Phi) is 4.24. The van der Waals surface area contributed by atoms with Crippen molar-refractivity contribution in [1.29, 1.82) is 0 Å². The molecule has 0 atom stereocenters. The Hall–Kier alpha value is -2.08. The number of pyridine rings is 1. The van der Waals surface area contributed by atoms with Crippen LogP contribution in [0.4, 0.5) is 11.5 Å². The maximum absolute atomic E-state index is 12.0. The predicted molar refractivity (Wildman–Crippen MR) is 80.9 cm³/mol. The molecule has 0 spiro atoms. The standard InChI is InChI=1S/C14H17N3O2S/c1-11-9-13(15)10-16-14(11)17-20(18,19)8-7-12-5-3-2-4-6-12/h2-6,9-10H,7-8,15H2,1H3,(H,16,17). The second-order valence-electron chi connectivity index (χ2n) is 4.59. The summed E-state index contributed by atoms with van der Waals surface area (Å²) in [6.45, 7) is 1.76. The van der Waals surface area contributed by atoms with Crippen LogP contribution in [0.3, 0.4) is 0 Å². The molecule has 0 saturated carbocycles. The van der Waals surface area contributed by atoms with Gasteiger partial charge in [0, 0.05) is 0 Å². The minimum atomic E-state index is -3.42. The first-order valence-corrected chi connectivity index (χ1v) is 7.88. The van der Waals surface area contributed by atoms with Crippen molar-refractivity contribution in [3.63, 3.8) is 0 Å². The highest BCUT2D eigenvalue weighted by molar-refractivity contribution is 7.92. The number of nitrogens with two attached hydrogens (primary N) is 1. The zero-order valence-electron chi connectivity index (χ0n) is 11.2. The molecule has 1 heterocycles. The Morgan fingerprint density at radius 1 is 1.25 bits per heavy atom. The van der Waals surface area contributed by atoms with Gasteiger partial charge in [-0.15, -0.1) is 0 Å². The van der Waals surface area contributed by atoms with E-state index in [1.165, 1.54) is 6.20 Å². The van der Waals surface area contributed by atoms with Crippen LogP contribution < -0.4 is 10.5 Å². The van der Waals surface area contributed by atoms with Gasteiger partial charge in [0.2, 0.25) is 10.0 Å². The minimum Gasteiger partial charge on any atom is -0.397 e. The topological polar surface area (TPSA) is 85.1 Å². The Bertz CT molecular complexity index is 685. The van der Waals surface area contributed by atoms with Crippen molar-refractivity contribution in [3.8, 4) is 0 Å². The van der Waals surface area contributed by atoms with Gasteiger partial charge < -0.3 is 5.73 Å². The number of aromatic nitrogens is 1. The molecule has 6 heteroatoms. The summed E-state index contributed by atoms with van der Waals surface area (Å²) in [5, 5.41) is 0. The van der Waals surface area contributed by atoms with Crippen molar-refractivity contribution < 1.29 is 8.42 Å². The van der Waals surface area contributed by atoms with Crippen molar-refractivity contribution in [2.75, 3.05) is 16.2 Å². The Balaban J connectivity index is 2.04. The lowest BCUT2D eigenvalue weighted by Crippen LogP contribution is -2.19. The number of rotatable bonds is 5. The van der Waals surface area contributed by atoms with E-state index in [1.807, 2.05) is 30.3 Å². The number of nitrogens with one attached hydrogen (secondary N) is 1. The molecule has 0 bridgehead atoms. The summed E-state index contributed by atoms with van der Waals surface area (Å²) in [4.78, 5) is 4.00. The van der Waals surface area contributed by atoms with E-state index in [2.05, 4.69) is 9.71 Å². The molecule has 1 aromatic carbocycles. The Morgan fingerprint density at radius 3 is 2.60 bits per heavy atom. The number of sulfonamides is 1. The number of aryl methyl sites for hydroxylation is 2. The largest absolute Gasteiger partial charge is 0.397 e. The number of hydrogen-bond donors (Lipinski definition) is 2. The molecule has 0 aliphatic carbocycles. The maximum atomic E-state index is 12.0. The minimum absolute atomic E-state index is 0.0164. The molecule has 0 aliphatic heterocycles. The van der Waals surface area contributed by atoms with E-state index < -0.39 is 10.0 Å². The van der Waals surface area contributed by atoms with E-state index in [-0.39, 0.29) is 5.75 Å². The van der Waals surface area contributed by atoms with Crippen LogP contribution in [0, 0.1) is 6.92 Å². The van der Waals surface area contributed by atoms with E-state index in [4.69, 9.17) is 5.73 Å². The summed E-state index contributed by atoms with van der Waals surface area (Å²) in [7, 11) is -3.42. The summed E-state index contributed by atoms with van der Waals surface area (Å²) >= 11 is 0. The lowest BCUT2D eigenvalue weighted by atomic mass is 10.2. The van der Waals surface area contributed by atoms with Gasteiger partial charge in [0.05, 0.1) is 17.6 Å². The third-order valence-corrected chi connectivity index (χ3v) is 4.10. The van der Waals surface area contributed by atoms with E-state index in [1.54, 1.807) is 13.0 Å². The molecular weight excluding hydrogens is 274 g/mol. The highest BCUT2D eigenvalue weighted by Gasteiger charge is 2.13. The molecule has 0 radical (unpaired) electrons. The smallest absolute Gasteiger partial charge is 0.234 e. The lowest BCUT2D eigenvalue weighted by molar-refractivity contribution is 0.600. The zero-order valence-corrected chi connectivity index (χ0v) is 12.0. The van der Waals surface area contributed by atoms with Crippen molar-refractivity contribution in [2.45, 2.75) is 13.3 Å². The van der Waals surface area contributed by atoms with Gasteiger partial charge in [-0.3, -0.25) is 4.72 Å². The maximum Gasteiger partial charge on any atom is 0.234 e. The average Bonchev–Trinajstić information content (AvgIpc) is 2.41. The van der Waals surface area contributed by atoms with Crippen LogP contribution in [0.5, 0.6) is 0 Å². The molecule has 106 valence electrons. The summed E-state index contributed by atoms with van der Waals surface area (Å²) < 4.78 is 26.5. The highest BCUT2D eigenvalue weighted by Crippen LogP contribution is 2.15. The summed E-state index contributed by atoms with van der Waals surface area (Å²) in [6, 6.07) is 11.2. The van der Waals surface area contributed by atoms with Gasteiger partial charge in [0.25, 0.3) is 0 Å². The number of nitrogen functional groups attached to an aromatic ring is 1. The molecule has 20 heavy (non-hydrogen) atoms. The Morgan fingerprint density at radius 2 is 1.95 bits per heavy atom. The van der Waals surface area contributed by atoms with Crippen molar-refractivity contribution in [2.24, 2.45) is 0 Å². The van der Waals surface area contributed by atoms with E-state index in [0.717, 1.165) is 5.56 Å². The van der Waals surface area contributed by atoms with E-state index >= 15 is 0 Å². The molecule has 0 aliphatic rings. The van der Waals surface area contributed by atoms with Crippen LogP contribution in [0.2, 0.25) is 0 Å². The fourth-order valence-electron chi connectivity index (χ4n) is 1.80. The molecule has 5 nitrogen and oxygen atoms in total. The molecule has 0 saturated heterocycles. The summed E-state index contributed by atoms with van der Waals surface area (Å²) in [5.41, 5.74) is 7.78.